The number of amides is 1. The summed E-state index contributed by atoms with van der Waals surface area (Å²) < 4.78 is 24.6. The van der Waals surface area contributed by atoms with Crippen molar-refractivity contribution in [3.05, 3.63) is 35.1 Å². The zero-order chi connectivity index (χ0) is 15.0. The van der Waals surface area contributed by atoms with Crippen molar-refractivity contribution in [1.82, 2.24) is 5.32 Å². The minimum atomic E-state index is -0.897. The molecule has 20 heavy (non-hydrogen) atoms. The summed E-state index contributed by atoms with van der Waals surface area (Å²) in [6.45, 7) is 0.0482. The number of hydrogen-bond acceptors (Lipinski definition) is 3. The highest BCUT2D eigenvalue weighted by Gasteiger charge is 2.11. The molecule has 0 fully saturated rings. The number of halogens is 1. The van der Waals surface area contributed by atoms with E-state index in [4.69, 9.17) is 5.11 Å². The summed E-state index contributed by atoms with van der Waals surface area (Å²) in [6, 6.07) is 4.02. The zero-order valence-corrected chi connectivity index (χ0v) is 11.9. The number of hydrogen-bond donors (Lipinski definition) is 2. The topological polar surface area (TPSA) is 66.4 Å². The first-order valence-corrected chi connectivity index (χ1v) is 7.75. The highest BCUT2D eigenvalue weighted by molar-refractivity contribution is 7.84. The van der Waals surface area contributed by atoms with Gasteiger partial charge in [0, 0.05) is 34.9 Å². The number of nitrogens with one attached hydrogen (secondary N) is 1. The van der Waals surface area contributed by atoms with Crippen LogP contribution in [0.2, 0.25) is 0 Å². The van der Waals surface area contributed by atoms with E-state index < -0.39 is 22.5 Å². The monoisotopic (exact) mass is 297 g/mol. The van der Waals surface area contributed by atoms with Crippen molar-refractivity contribution in [1.29, 1.82) is 0 Å². The summed E-state index contributed by atoms with van der Waals surface area (Å²) in [5, 5.41) is 11.1. The van der Waals surface area contributed by atoms with Crippen LogP contribution in [0.4, 0.5) is 4.39 Å². The SMILES string of the molecule is CS(=O)CCCNC(=O)c1ccc(C#CCO)cc1F. The molecule has 0 saturated heterocycles. The second-order valence-corrected chi connectivity index (χ2v) is 5.60. The van der Waals surface area contributed by atoms with E-state index in [0.29, 0.717) is 24.3 Å². The van der Waals surface area contributed by atoms with Crippen LogP contribution < -0.4 is 5.32 Å². The van der Waals surface area contributed by atoms with E-state index in [-0.39, 0.29) is 12.2 Å². The van der Waals surface area contributed by atoms with Crippen molar-refractivity contribution in [3.63, 3.8) is 0 Å². The first kappa shape index (κ1) is 16.3. The third-order valence-electron chi connectivity index (χ3n) is 2.42. The Labute approximate surface area is 119 Å². The van der Waals surface area contributed by atoms with Gasteiger partial charge in [0.05, 0.1) is 5.56 Å². The van der Waals surface area contributed by atoms with Crippen LogP contribution in [0.25, 0.3) is 0 Å². The van der Waals surface area contributed by atoms with E-state index in [0.717, 1.165) is 6.07 Å². The molecule has 0 radical (unpaired) electrons. The van der Waals surface area contributed by atoms with Gasteiger partial charge in [-0.2, -0.15) is 0 Å². The second kappa shape index (κ2) is 8.46. The Balaban J connectivity index is 2.62. The molecular formula is C14H16FNO3S. The molecule has 1 aromatic rings. The van der Waals surface area contributed by atoms with Crippen molar-refractivity contribution in [2.75, 3.05) is 25.2 Å². The summed E-state index contributed by atoms with van der Waals surface area (Å²) in [5.41, 5.74) is 0.339. The molecule has 0 aliphatic carbocycles. The number of rotatable bonds is 5. The van der Waals surface area contributed by atoms with E-state index in [1.54, 1.807) is 6.26 Å². The molecule has 4 nitrogen and oxygen atoms in total. The molecule has 6 heteroatoms. The smallest absolute Gasteiger partial charge is 0.254 e. The van der Waals surface area contributed by atoms with Gasteiger partial charge in [-0.3, -0.25) is 9.00 Å². The summed E-state index contributed by atoms with van der Waals surface area (Å²) in [7, 11) is -0.897. The number of carbonyl (C=O) groups excluding carboxylic acids is 1. The van der Waals surface area contributed by atoms with Crippen LogP contribution in [-0.4, -0.2) is 40.4 Å². The molecule has 1 atom stereocenters. The lowest BCUT2D eigenvalue weighted by Gasteiger charge is -2.06. The first-order valence-electron chi connectivity index (χ1n) is 6.02. The van der Waals surface area contributed by atoms with Crippen molar-refractivity contribution in [3.8, 4) is 11.8 Å². The number of aliphatic hydroxyl groups is 1. The predicted octanol–water partition coefficient (Wildman–Crippen LogP) is 0.668. The Morgan fingerprint density at radius 2 is 2.25 bits per heavy atom. The largest absolute Gasteiger partial charge is 0.384 e. The highest BCUT2D eigenvalue weighted by Crippen LogP contribution is 2.09. The molecule has 0 bridgehead atoms. The molecule has 1 aromatic carbocycles. The molecule has 0 saturated carbocycles. The fraction of sp³-hybridized carbons (Fsp3) is 0.357. The Kier molecular flexibility index (Phi) is 6.91. The standard InChI is InChI=1S/C14H16FNO3S/c1-20(19)9-3-7-16-14(18)12-6-5-11(4-2-8-17)10-13(12)15/h5-6,10,17H,3,7-9H2,1H3,(H,16,18). The number of aliphatic hydroxyl groups excluding tert-OH is 1. The maximum absolute atomic E-state index is 13.7. The highest BCUT2D eigenvalue weighted by atomic mass is 32.2. The van der Waals surface area contributed by atoms with E-state index in [1.165, 1.54) is 12.1 Å². The lowest BCUT2D eigenvalue weighted by Crippen LogP contribution is -2.26. The quantitative estimate of drug-likeness (QED) is 0.620. The minimum Gasteiger partial charge on any atom is -0.384 e. The number of carbonyl (C=O) groups is 1. The molecule has 1 rings (SSSR count). The molecule has 1 amide bonds. The van der Waals surface area contributed by atoms with Gasteiger partial charge in [0.25, 0.3) is 5.91 Å². The Bertz CT molecular complexity index is 563. The van der Waals surface area contributed by atoms with Gasteiger partial charge < -0.3 is 10.4 Å². The molecule has 0 aliphatic heterocycles. The minimum absolute atomic E-state index is 0.0582. The molecule has 0 spiro atoms. The van der Waals surface area contributed by atoms with Gasteiger partial charge in [-0.05, 0) is 24.6 Å². The molecule has 0 aliphatic rings. The van der Waals surface area contributed by atoms with Crippen LogP contribution in [0.15, 0.2) is 18.2 Å². The molecule has 108 valence electrons. The lowest BCUT2D eigenvalue weighted by atomic mass is 10.1. The third-order valence-corrected chi connectivity index (χ3v) is 3.28. The summed E-state index contributed by atoms with van der Waals surface area (Å²) in [6.07, 6.45) is 2.17. The Morgan fingerprint density at radius 1 is 1.50 bits per heavy atom. The second-order valence-electron chi connectivity index (χ2n) is 4.04. The lowest BCUT2D eigenvalue weighted by molar-refractivity contribution is 0.0949. The summed E-state index contributed by atoms with van der Waals surface area (Å²) >= 11 is 0. The normalized spacial score (nSPS) is 11.3. The Hall–Kier alpha value is -1.71. The molecule has 2 N–H and O–H groups in total. The van der Waals surface area contributed by atoms with Crippen LogP contribution in [-0.2, 0) is 10.8 Å². The van der Waals surface area contributed by atoms with Gasteiger partial charge >= 0.3 is 0 Å². The van der Waals surface area contributed by atoms with Crippen molar-refractivity contribution in [2.45, 2.75) is 6.42 Å². The third kappa shape index (κ3) is 5.51. The van der Waals surface area contributed by atoms with Crippen LogP contribution in [0.3, 0.4) is 0 Å². The van der Waals surface area contributed by atoms with Crippen molar-refractivity contribution in [2.24, 2.45) is 0 Å². The average Bonchev–Trinajstić information content (AvgIpc) is 2.41. The zero-order valence-electron chi connectivity index (χ0n) is 11.1. The van der Waals surface area contributed by atoms with Crippen LogP contribution >= 0.6 is 0 Å². The van der Waals surface area contributed by atoms with Gasteiger partial charge in [-0.25, -0.2) is 4.39 Å². The van der Waals surface area contributed by atoms with Gasteiger partial charge in [-0.15, -0.1) is 0 Å². The Morgan fingerprint density at radius 3 is 2.85 bits per heavy atom. The van der Waals surface area contributed by atoms with Crippen LogP contribution in [0.1, 0.15) is 22.3 Å². The first-order chi connectivity index (χ1) is 9.54. The molecule has 0 heterocycles. The fourth-order valence-corrected chi connectivity index (χ4v) is 2.04. The van der Waals surface area contributed by atoms with E-state index >= 15 is 0 Å². The molecule has 1 unspecified atom stereocenters. The van der Waals surface area contributed by atoms with Gasteiger partial charge in [0.15, 0.2) is 0 Å². The maximum Gasteiger partial charge on any atom is 0.254 e. The van der Waals surface area contributed by atoms with Crippen molar-refractivity contribution >= 4 is 16.7 Å². The van der Waals surface area contributed by atoms with Crippen molar-refractivity contribution < 1.29 is 18.5 Å². The number of benzene rings is 1. The van der Waals surface area contributed by atoms with Gasteiger partial charge in [-0.1, -0.05) is 11.8 Å². The van der Waals surface area contributed by atoms with Crippen LogP contribution in [0.5, 0.6) is 0 Å². The van der Waals surface area contributed by atoms with Gasteiger partial charge in [0.1, 0.15) is 12.4 Å². The van der Waals surface area contributed by atoms with Gasteiger partial charge in [0.2, 0.25) is 0 Å². The average molecular weight is 297 g/mol. The summed E-state index contributed by atoms with van der Waals surface area (Å²) in [4.78, 5) is 11.7. The summed E-state index contributed by atoms with van der Waals surface area (Å²) in [5.74, 6) is 4.29. The molecular weight excluding hydrogens is 281 g/mol. The maximum atomic E-state index is 13.7. The molecule has 0 aromatic heterocycles. The van der Waals surface area contributed by atoms with E-state index in [2.05, 4.69) is 17.2 Å². The predicted molar refractivity (Wildman–Crippen MR) is 76.2 cm³/mol. The van der Waals surface area contributed by atoms with E-state index in [1.807, 2.05) is 0 Å². The fourth-order valence-electron chi connectivity index (χ4n) is 1.49. The van der Waals surface area contributed by atoms with E-state index in [9.17, 15) is 13.4 Å². The van der Waals surface area contributed by atoms with Crippen LogP contribution in [0, 0.1) is 17.7 Å².